The minimum atomic E-state index is 0.707. The van der Waals surface area contributed by atoms with Crippen molar-refractivity contribution in [2.24, 2.45) is 0 Å². The van der Waals surface area contributed by atoms with Gasteiger partial charge in [-0.1, -0.05) is 24.6 Å². The van der Waals surface area contributed by atoms with Crippen LogP contribution in [0, 0.1) is 13.8 Å². The molecule has 1 aromatic carbocycles. The molecule has 0 aromatic heterocycles. The number of nitrogens with one attached hydrogen (secondary N) is 1. The summed E-state index contributed by atoms with van der Waals surface area (Å²) >= 11 is 0. The average Bonchev–Trinajstić information content (AvgIpc) is 2.25. The highest BCUT2D eigenvalue weighted by molar-refractivity contribution is 5.34. The molecule has 0 radical (unpaired) electrons. The van der Waals surface area contributed by atoms with Gasteiger partial charge in [0.15, 0.2) is 0 Å². The smallest absolute Gasteiger partial charge is 0.0108 e. The van der Waals surface area contributed by atoms with E-state index in [4.69, 9.17) is 0 Å². The van der Waals surface area contributed by atoms with Crippen molar-refractivity contribution in [3.63, 3.8) is 0 Å². The summed E-state index contributed by atoms with van der Waals surface area (Å²) < 4.78 is 0. The molecule has 1 atom stereocenters. The third-order valence-corrected chi connectivity index (χ3v) is 3.51. The minimum Gasteiger partial charge on any atom is -0.314 e. The molecule has 82 valence electrons. The molecular formula is C14H21N. The second-order valence-corrected chi connectivity index (χ2v) is 4.72. The fourth-order valence-electron chi connectivity index (χ4n) is 2.52. The molecule has 1 heterocycles. The van der Waals surface area contributed by atoms with Gasteiger partial charge >= 0.3 is 0 Å². The Labute approximate surface area is 92.9 Å². The molecule has 0 bridgehead atoms. The quantitative estimate of drug-likeness (QED) is 0.779. The van der Waals surface area contributed by atoms with Gasteiger partial charge in [-0.15, -0.1) is 0 Å². The molecule has 1 nitrogen and oxygen atoms in total. The Kier molecular flexibility index (Phi) is 3.42. The number of rotatable bonds is 2. The van der Waals surface area contributed by atoms with E-state index in [0.717, 1.165) is 0 Å². The molecular weight excluding hydrogens is 182 g/mol. The summed E-state index contributed by atoms with van der Waals surface area (Å²) in [6.45, 7) is 5.66. The van der Waals surface area contributed by atoms with Crippen molar-refractivity contribution in [2.45, 2.75) is 45.6 Å². The first kappa shape index (κ1) is 10.7. The molecule has 0 aliphatic carbocycles. The zero-order valence-electron chi connectivity index (χ0n) is 9.84. The molecule has 1 aliphatic heterocycles. The van der Waals surface area contributed by atoms with E-state index < -0.39 is 0 Å². The van der Waals surface area contributed by atoms with Gasteiger partial charge in [0.2, 0.25) is 0 Å². The molecule has 1 heteroatoms. The maximum Gasteiger partial charge on any atom is 0.0108 e. The van der Waals surface area contributed by atoms with Crippen LogP contribution in [0.15, 0.2) is 18.2 Å². The predicted octanol–water partition coefficient (Wildman–Crippen LogP) is 2.99. The van der Waals surface area contributed by atoms with Crippen LogP contribution in [0.2, 0.25) is 0 Å². The van der Waals surface area contributed by atoms with Gasteiger partial charge < -0.3 is 5.32 Å². The highest BCUT2D eigenvalue weighted by Crippen LogP contribution is 2.18. The van der Waals surface area contributed by atoms with Gasteiger partial charge in [0.05, 0.1) is 0 Å². The van der Waals surface area contributed by atoms with Gasteiger partial charge in [-0.25, -0.2) is 0 Å². The lowest BCUT2D eigenvalue weighted by molar-refractivity contribution is 0.398. The molecule has 0 amide bonds. The number of benzene rings is 1. The van der Waals surface area contributed by atoms with Crippen LogP contribution >= 0.6 is 0 Å². The summed E-state index contributed by atoms with van der Waals surface area (Å²) in [5.74, 6) is 0. The van der Waals surface area contributed by atoms with Crippen LogP contribution in [0.5, 0.6) is 0 Å². The summed E-state index contributed by atoms with van der Waals surface area (Å²) in [6.07, 6.45) is 5.29. The van der Waals surface area contributed by atoms with Crippen LogP contribution in [0.1, 0.15) is 36.0 Å². The molecule has 1 aliphatic rings. The van der Waals surface area contributed by atoms with Crippen molar-refractivity contribution in [1.82, 2.24) is 5.32 Å². The number of aryl methyl sites for hydroxylation is 2. The molecule has 15 heavy (non-hydrogen) atoms. The molecule has 2 rings (SSSR count). The maximum absolute atomic E-state index is 3.62. The average molecular weight is 203 g/mol. The molecule has 1 N–H and O–H groups in total. The summed E-state index contributed by atoms with van der Waals surface area (Å²) in [4.78, 5) is 0. The monoisotopic (exact) mass is 203 g/mol. The number of hydrogen-bond acceptors (Lipinski definition) is 1. The largest absolute Gasteiger partial charge is 0.314 e. The van der Waals surface area contributed by atoms with Crippen molar-refractivity contribution in [1.29, 1.82) is 0 Å². The summed E-state index contributed by atoms with van der Waals surface area (Å²) in [7, 11) is 0. The van der Waals surface area contributed by atoms with Crippen molar-refractivity contribution < 1.29 is 0 Å². The topological polar surface area (TPSA) is 12.0 Å². The van der Waals surface area contributed by atoms with Gasteiger partial charge in [-0.2, -0.15) is 0 Å². The Morgan fingerprint density at radius 1 is 1.20 bits per heavy atom. The second kappa shape index (κ2) is 4.80. The van der Waals surface area contributed by atoms with Crippen molar-refractivity contribution >= 4 is 0 Å². The lowest BCUT2D eigenvalue weighted by Gasteiger charge is -2.24. The van der Waals surface area contributed by atoms with Crippen LogP contribution in [0.3, 0.4) is 0 Å². The van der Waals surface area contributed by atoms with Crippen molar-refractivity contribution in [2.75, 3.05) is 6.54 Å². The zero-order valence-corrected chi connectivity index (χ0v) is 9.84. The SMILES string of the molecule is Cc1cccc(C)c1CC1CCCCN1. The van der Waals surface area contributed by atoms with Crippen LogP contribution in [0.4, 0.5) is 0 Å². The summed E-state index contributed by atoms with van der Waals surface area (Å²) in [5.41, 5.74) is 4.45. The Hall–Kier alpha value is -0.820. The lowest BCUT2D eigenvalue weighted by atomic mass is 9.92. The first-order valence-corrected chi connectivity index (χ1v) is 6.06. The van der Waals surface area contributed by atoms with Crippen LogP contribution in [-0.2, 0) is 6.42 Å². The van der Waals surface area contributed by atoms with Crippen LogP contribution < -0.4 is 5.32 Å². The Balaban J connectivity index is 2.09. The van der Waals surface area contributed by atoms with E-state index in [2.05, 4.69) is 37.4 Å². The van der Waals surface area contributed by atoms with E-state index in [1.165, 1.54) is 43.4 Å². The highest BCUT2D eigenvalue weighted by Gasteiger charge is 2.14. The second-order valence-electron chi connectivity index (χ2n) is 4.72. The predicted molar refractivity (Wildman–Crippen MR) is 65.3 cm³/mol. The van der Waals surface area contributed by atoms with Crippen LogP contribution in [-0.4, -0.2) is 12.6 Å². The van der Waals surface area contributed by atoms with E-state index >= 15 is 0 Å². The van der Waals surface area contributed by atoms with E-state index in [0.29, 0.717) is 6.04 Å². The molecule has 1 unspecified atom stereocenters. The van der Waals surface area contributed by atoms with E-state index in [1.54, 1.807) is 5.56 Å². The highest BCUT2D eigenvalue weighted by atomic mass is 14.9. The van der Waals surface area contributed by atoms with Crippen LogP contribution in [0.25, 0.3) is 0 Å². The number of hydrogen-bond donors (Lipinski definition) is 1. The van der Waals surface area contributed by atoms with Gasteiger partial charge in [0, 0.05) is 6.04 Å². The van der Waals surface area contributed by atoms with E-state index in [-0.39, 0.29) is 0 Å². The van der Waals surface area contributed by atoms with Gasteiger partial charge in [0.1, 0.15) is 0 Å². The Bertz CT molecular complexity index is 304. The number of piperidine rings is 1. The van der Waals surface area contributed by atoms with E-state index in [1.807, 2.05) is 0 Å². The first-order valence-electron chi connectivity index (χ1n) is 6.06. The Morgan fingerprint density at radius 3 is 2.53 bits per heavy atom. The van der Waals surface area contributed by atoms with Crippen molar-refractivity contribution in [3.05, 3.63) is 34.9 Å². The summed E-state index contributed by atoms with van der Waals surface area (Å²) in [5, 5.41) is 3.62. The third kappa shape index (κ3) is 2.60. The Morgan fingerprint density at radius 2 is 1.93 bits per heavy atom. The summed E-state index contributed by atoms with van der Waals surface area (Å²) in [6, 6.07) is 7.32. The molecule has 1 aromatic rings. The zero-order chi connectivity index (χ0) is 10.7. The molecule has 1 saturated heterocycles. The third-order valence-electron chi connectivity index (χ3n) is 3.51. The van der Waals surface area contributed by atoms with E-state index in [9.17, 15) is 0 Å². The fourth-order valence-corrected chi connectivity index (χ4v) is 2.52. The molecule has 0 saturated carbocycles. The maximum atomic E-state index is 3.62. The molecule has 1 fully saturated rings. The first-order chi connectivity index (χ1) is 7.27. The molecule has 0 spiro atoms. The standard InChI is InChI=1S/C14H21N/c1-11-6-5-7-12(2)14(11)10-13-8-3-4-9-15-13/h5-7,13,15H,3-4,8-10H2,1-2H3. The minimum absolute atomic E-state index is 0.707. The van der Waals surface area contributed by atoms with Gasteiger partial charge in [-0.3, -0.25) is 0 Å². The fraction of sp³-hybridized carbons (Fsp3) is 0.571. The van der Waals surface area contributed by atoms with Gasteiger partial charge in [0.25, 0.3) is 0 Å². The van der Waals surface area contributed by atoms with Gasteiger partial charge in [-0.05, 0) is 56.3 Å². The lowest BCUT2D eigenvalue weighted by Crippen LogP contribution is -2.35. The van der Waals surface area contributed by atoms with Crippen molar-refractivity contribution in [3.8, 4) is 0 Å². The normalized spacial score (nSPS) is 21.6.